The van der Waals surface area contributed by atoms with Crippen molar-refractivity contribution >= 4 is 61.7 Å². The molecule has 6 heteroatoms. The van der Waals surface area contributed by atoms with Crippen LogP contribution in [0.5, 0.6) is 0 Å². The molecule has 2 fully saturated rings. The molecule has 4 aromatic rings. The van der Waals surface area contributed by atoms with Gasteiger partial charge >= 0.3 is 32.0 Å². The van der Waals surface area contributed by atoms with E-state index in [1.165, 1.54) is 45.6 Å². The van der Waals surface area contributed by atoms with Gasteiger partial charge in [0.15, 0.2) is 0 Å². The van der Waals surface area contributed by atoms with Gasteiger partial charge in [-0.25, -0.2) is 0 Å². The number of halogens is 1. The molecule has 0 saturated heterocycles. The van der Waals surface area contributed by atoms with Crippen LogP contribution in [0, 0.1) is 62.4 Å². The van der Waals surface area contributed by atoms with Gasteiger partial charge in [0.25, 0.3) is 0 Å². The molecule has 0 nitrogen and oxygen atoms in total. The summed E-state index contributed by atoms with van der Waals surface area (Å²) in [7, 11) is 1.58. The first-order chi connectivity index (χ1) is 23.3. The Bertz CT molecular complexity index is 1220. The fourth-order valence-corrected chi connectivity index (χ4v) is 18.8. The van der Waals surface area contributed by atoms with Crippen LogP contribution >= 0.6 is 24.4 Å². The average Bonchev–Trinajstić information content (AvgIpc) is 3.89. The van der Waals surface area contributed by atoms with E-state index >= 15 is 0 Å². The molecule has 10 radical (unpaired) electrons. The summed E-state index contributed by atoms with van der Waals surface area (Å²) in [5.74, 6) is 0. The molecule has 0 bridgehead atoms. The summed E-state index contributed by atoms with van der Waals surface area (Å²) in [6, 6.07) is 46.9. The van der Waals surface area contributed by atoms with E-state index in [-0.39, 0.29) is 15.8 Å². The van der Waals surface area contributed by atoms with Gasteiger partial charge in [-0.1, -0.05) is 160 Å². The summed E-state index contributed by atoms with van der Waals surface area (Å²) in [6.45, 7) is 10.0. The number of benzene rings is 4. The van der Waals surface area contributed by atoms with Crippen molar-refractivity contribution in [3.63, 3.8) is 0 Å². The Morgan fingerprint density at radius 1 is 0.417 bits per heavy atom. The summed E-state index contributed by atoms with van der Waals surface area (Å²) in [4.78, 5) is 0. The topological polar surface area (TPSA) is 0 Å². The summed E-state index contributed by atoms with van der Waals surface area (Å²) in [5, 5.41) is 6.00. The first kappa shape index (κ1) is 40.1. The Morgan fingerprint density at radius 2 is 0.646 bits per heavy atom. The number of hydrogen-bond acceptors (Lipinski definition) is 0. The molecule has 0 spiro atoms. The van der Waals surface area contributed by atoms with Crippen molar-refractivity contribution in [1.82, 2.24) is 0 Å². The third kappa shape index (κ3) is 12.2. The van der Waals surface area contributed by atoms with Crippen molar-refractivity contribution in [3.05, 3.63) is 184 Å². The predicted octanol–water partition coefficient (Wildman–Crippen LogP) is 9.96. The second-order valence-electron chi connectivity index (χ2n) is 13.3. The monoisotopic (exact) mass is 796 g/mol. The Labute approximate surface area is 317 Å². The van der Waals surface area contributed by atoms with Gasteiger partial charge in [-0.3, -0.25) is 0 Å². The van der Waals surface area contributed by atoms with Gasteiger partial charge < -0.3 is 0 Å². The van der Waals surface area contributed by atoms with Crippen LogP contribution in [0.3, 0.4) is 0 Å². The minimum absolute atomic E-state index is 0.256. The zero-order valence-corrected chi connectivity index (χ0v) is 36.2. The van der Waals surface area contributed by atoms with Crippen LogP contribution < -0.4 is 21.2 Å². The van der Waals surface area contributed by atoms with Gasteiger partial charge in [0, 0.05) is 0 Å². The Kier molecular flexibility index (Phi) is 17.6. The van der Waals surface area contributed by atoms with Gasteiger partial charge in [0.1, 0.15) is 0 Å². The summed E-state index contributed by atoms with van der Waals surface area (Å²) in [6.07, 6.45) is 20.6. The van der Waals surface area contributed by atoms with E-state index in [1.54, 1.807) is 11.1 Å². The fourth-order valence-electron chi connectivity index (χ4n) is 5.97. The van der Waals surface area contributed by atoms with Crippen LogP contribution in [0.25, 0.3) is 0 Å². The molecule has 0 unspecified atom stereocenters. The summed E-state index contributed by atoms with van der Waals surface area (Å²) < 4.78 is 0. The van der Waals surface area contributed by atoms with Gasteiger partial charge in [-0.2, -0.15) is 0 Å². The van der Waals surface area contributed by atoms with Gasteiger partial charge in [0.2, 0.25) is 0 Å². The molecule has 2 saturated carbocycles. The minimum atomic E-state index is -1.34. The average molecular weight is 799 g/mol. The fraction of sp³-hybridized carbons (Fsp3) is 0.190. The van der Waals surface area contributed by atoms with Gasteiger partial charge in [0.05, 0.1) is 16.1 Å². The van der Waals surface area contributed by atoms with Gasteiger partial charge in [-0.05, 0) is 112 Å². The van der Waals surface area contributed by atoms with E-state index in [4.69, 9.17) is 8.51 Å². The first-order valence-electron chi connectivity index (χ1n) is 16.7. The zero-order chi connectivity index (χ0) is 34.2. The van der Waals surface area contributed by atoms with Gasteiger partial charge in [-0.15, -0.1) is 0 Å². The van der Waals surface area contributed by atoms with Crippen molar-refractivity contribution in [1.29, 1.82) is 0 Å². The molecule has 0 N–H and O–H groups in total. The first-order valence-corrected chi connectivity index (χ1v) is 29.9. The number of rotatable bonds is 12. The molecule has 4 aromatic carbocycles. The molecule has 0 aromatic heterocycles. The zero-order valence-electron chi connectivity index (χ0n) is 28.8. The van der Waals surface area contributed by atoms with Crippen molar-refractivity contribution in [2.45, 2.75) is 38.3 Å². The third-order valence-electron chi connectivity index (χ3n) is 9.08. The van der Waals surface area contributed by atoms with E-state index in [1.807, 2.05) is 0 Å². The van der Waals surface area contributed by atoms with E-state index < -0.39 is 16.1 Å². The van der Waals surface area contributed by atoms with Crippen LogP contribution in [0.15, 0.2) is 121 Å². The Hall–Kier alpha value is -0.653. The molecule has 48 heavy (non-hydrogen) atoms. The third-order valence-corrected chi connectivity index (χ3v) is 21.7. The summed E-state index contributed by atoms with van der Waals surface area (Å²) >= 11 is 0.822. The van der Waals surface area contributed by atoms with Crippen molar-refractivity contribution in [2.24, 2.45) is 0 Å². The Balaban J connectivity index is 0.000000206. The SMILES string of the molecule is C[Si](C)(CCP(c1ccccc1)c1ccccc1)[C]1[CH][CH][CH][CH]1.C[Si](C)(CCP(c1ccccc1)c1ccccc1)[C]1[CH][CH][CH][CH]1.[Cl][ZrH]. The molecular weight excluding hydrogens is 749 g/mol. The maximum atomic E-state index is 4.77. The maximum absolute atomic E-state index is 4.77. The number of hydrogen-bond donors (Lipinski definition) is 0. The molecule has 246 valence electrons. The molecule has 0 amide bonds. The second kappa shape index (κ2) is 21.0. The van der Waals surface area contributed by atoms with E-state index in [0.29, 0.717) is 0 Å². The van der Waals surface area contributed by atoms with Crippen LogP contribution in [-0.2, 0) is 23.5 Å². The van der Waals surface area contributed by atoms with Crippen LogP contribution in [0.4, 0.5) is 0 Å². The quantitative estimate of drug-likeness (QED) is 0.0990. The molecule has 2 aliphatic carbocycles. The molecule has 0 aliphatic heterocycles. The van der Waals surface area contributed by atoms with Crippen LogP contribution in [0.1, 0.15) is 0 Å². The Morgan fingerprint density at radius 3 is 0.875 bits per heavy atom. The summed E-state index contributed by atoms with van der Waals surface area (Å²) in [5.41, 5.74) is 3.18. The van der Waals surface area contributed by atoms with Crippen LogP contribution in [0.2, 0.25) is 38.3 Å². The normalized spacial score (nSPS) is 15.6. The molecule has 0 atom stereocenters. The van der Waals surface area contributed by atoms with E-state index in [0.717, 1.165) is 23.5 Å². The molecule has 2 aliphatic rings. The standard InChI is InChI=1S/2C21H24PSi.ClH.Zr.H/c2*1-23(2,21-15-9-10-16-21)18-17-22(19-11-5-3-6-12-19)20-13-7-4-8-14-20;;;/h2*3-16H,17-18H2,1-2H3;1H;;/q;;;+1;/p-1. The molecular formula is C42H49ClP2Si2Zr. The molecule has 6 rings (SSSR count). The van der Waals surface area contributed by atoms with Crippen molar-refractivity contribution in [3.8, 4) is 0 Å². The second-order valence-corrected chi connectivity index (χ2v) is 27.6. The van der Waals surface area contributed by atoms with Crippen LogP contribution in [-0.4, -0.2) is 28.5 Å². The molecule has 0 heterocycles. The van der Waals surface area contributed by atoms with E-state index in [9.17, 15) is 0 Å². The van der Waals surface area contributed by atoms with Crippen molar-refractivity contribution < 1.29 is 23.5 Å². The van der Waals surface area contributed by atoms with E-state index in [2.05, 4.69) is 199 Å². The predicted molar refractivity (Wildman–Crippen MR) is 221 cm³/mol. The van der Waals surface area contributed by atoms with Crippen molar-refractivity contribution in [2.75, 3.05) is 12.3 Å².